The largest absolute Gasteiger partial charge is 0.496 e. The molecule has 0 atom stereocenters. The van der Waals surface area contributed by atoms with Crippen molar-refractivity contribution in [3.63, 3.8) is 0 Å². The molecule has 1 aromatic heterocycles. The minimum atomic E-state index is -0.413. The van der Waals surface area contributed by atoms with Crippen molar-refractivity contribution in [1.82, 2.24) is 4.98 Å². The van der Waals surface area contributed by atoms with E-state index in [1.165, 1.54) is 31.0 Å². The van der Waals surface area contributed by atoms with Crippen molar-refractivity contribution in [2.45, 2.75) is 4.90 Å². The van der Waals surface area contributed by atoms with E-state index in [4.69, 9.17) is 16.3 Å². The van der Waals surface area contributed by atoms with Crippen LogP contribution in [0.1, 0.15) is 10.4 Å². The number of aromatic nitrogens is 1. The SMILES string of the molecule is COc1ccc(F)cc1-c1cc(SC)ccc1C(=O)Nc1ccc(Cl)c(-c2ccccn2)c1. The third kappa shape index (κ3) is 5.02. The summed E-state index contributed by atoms with van der Waals surface area (Å²) < 4.78 is 19.5. The first kappa shape index (κ1) is 22.8. The summed E-state index contributed by atoms with van der Waals surface area (Å²) in [7, 11) is 1.52. The molecule has 0 bridgehead atoms. The van der Waals surface area contributed by atoms with Crippen molar-refractivity contribution in [3.8, 4) is 28.1 Å². The monoisotopic (exact) mass is 478 g/mol. The van der Waals surface area contributed by atoms with Gasteiger partial charge in [0.2, 0.25) is 0 Å². The van der Waals surface area contributed by atoms with E-state index in [0.717, 1.165) is 4.90 Å². The van der Waals surface area contributed by atoms with E-state index in [0.29, 0.717) is 44.4 Å². The van der Waals surface area contributed by atoms with Crippen LogP contribution < -0.4 is 10.1 Å². The maximum atomic E-state index is 14.1. The molecule has 4 rings (SSSR count). The lowest BCUT2D eigenvalue weighted by atomic mass is 9.98. The smallest absolute Gasteiger partial charge is 0.256 e. The summed E-state index contributed by atoms with van der Waals surface area (Å²) in [5.74, 6) is -0.268. The molecule has 0 saturated heterocycles. The molecule has 4 nitrogen and oxygen atoms in total. The Labute approximate surface area is 200 Å². The standard InChI is InChI=1S/C26H20ClFN2O2S/c1-32-25-11-6-16(28)13-21(25)20-15-18(33-2)8-9-19(20)26(31)30-17-7-10-23(27)22(14-17)24-5-3-4-12-29-24/h3-15H,1-2H3,(H,30,31). The fourth-order valence-electron chi connectivity index (χ4n) is 3.48. The number of ether oxygens (including phenoxy) is 1. The number of anilines is 1. The summed E-state index contributed by atoms with van der Waals surface area (Å²) in [5, 5.41) is 3.46. The van der Waals surface area contributed by atoms with Crippen molar-refractivity contribution < 1.29 is 13.9 Å². The van der Waals surface area contributed by atoms with Gasteiger partial charge in [-0.25, -0.2) is 4.39 Å². The predicted octanol–water partition coefficient (Wildman–Crippen LogP) is 7.19. The van der Waals surface area contributed by atoms with E-state index < -0.39 is 5.82 Å². The predicted molar refractivity (Wildman–Crippen MR) is 133 cm³/mol. The van der Waals surface area contributed by atoms with Gasteiger partial charge in [-0.2, -0.15) is 0 Å². The second-order valence-corrected chi connectivity index (χ2v) is 8.41. The van der Waals surface area contributed by atoms with Crippen molar-refractivity contribution >= 4 is 35.0 Å². The molecule has 1 heterocycles. The highest BCUT2D eigenvalue weighted by atomic mass is 35.5. The quantitative estimate of drug-likeness (QED) is 0.298. The number of pyridine rings is 1. The number of nitrogens with zero attached hydrogens (tertiary/aromatic N) is 1. The third-order valence-corrected chi connectivity index (χ3v) is 6.14. The highest BCUT2D eigenvalue weighted by molar-refractivity contribution is 7.98. The average Bonchev–Trinajstić information content (AvgIpc) is 2.85. The second-order valence-electron chi connectivity index (χ2n) is 7.12. The van der Waals surface area contributed by atoms with Crippen LogP contribution in [0, 0.1) is 5.82 Å². The van der Waals surface area contributed by atoms with Gasteiger partial charge >= 0.3 is 0 Å². The van der Waals surface area contributed by atoms with Gasteiger partial charge in [0.1, 0.15) is 11.6 Å². The second kappa shape index (κ2) is 10.1. The highest BCUT2D eigenvalue weighted by Gasteiger charge is 2.18. The zero-order valence-corrected chi connectivity index (χ0v) is 19.5. The summed E-state index contributed by atoms with van der Waals surface area (Å²) in [4.78, 5) is 18.6. The number of amides is 1. The first-order chi connectivity index (χ1) is 16.0. The van der Waals surface area contributed by atoms with Gasteiger partial charge in [-0.1, -0.05) is 17.7 Å². The number of rotatable bonds is 6. The number of thioether (sulfide) groups is 1. The molecule has 1 N–H and O–H groups in total. The molecule has 166 valence electrons. The Kier molecular flexibility index (Phi) is 6.96. The first-order valence-electron chi connectivity index (χ1n) is 10.0. The fraction of sp³-hybridized carbons (Fsp3) is 0.0769. The zero-order valence-electron chi connectivity index (χ0n) is 17.9. The molecule has 0 aliphatic heterocycles. The molecule has 0 unspecified atom stereocenters. The van der Waals surface area contributed by atoms with Crippen molar-refractivity contribution in [2.24, 2.45) is 0 Å². The molecule has 0 aliphatic carbocycles. The molecule has 0 fully saturated rings. The molecule has 0 radical (unpaired) electrons. The normalized spacial score (nSPS) is 10.7. The molecule has 1 amide bonds. The van der Waals surface area contributed by atoms with Crippen LogP contribution in [0.2, 0.25) is 5.02 Å². The van der Waals surface area contributed by atoms with E-state index in [1.807, 2.05) is 36.6 Å². The van der Waals surface area contributed by atoms with Crippen LogP contribution in [0.5, 0.6) is 5.75 Å². The van der Waals surface area contributed by atoms with E-state index >= 15 is 0 Å². The Morgan fingerprint density at radius 2 is 1.85 bits per heavy atom. The lowest BCUT2D eigenvalue weighted by Crippen LogP contribution is -2.13. The van der Waals surface area contributed by atoms with Crippen LogP contribution in [0.25, 0.3) is 22.4 Å². The Bertz CT molecular complexity index is 1320. The van der Waals surface area contributed by atoms with Crippen LogP contribution in [0.3, 0.4) is 0 Å². The number of benzene rings is 3. The van der Waals surface area contributed by atoms with Crippen LogP contribution >= 0.6 is 23.4 Å². The number of nitrogens with one attached hydrogen (secondary N) is 1. The van der Waals surface area contributed by atoms with Gasteiger partial charge in [-0.15, -0.1) is 11.8 Å². The Hall–Kier alpha value is -3.35. The molecule has 4 aromatic rings. The van der Waals surface area contributed by atoms with Gasteiger partial charge in [0.05, 0.1) is 17.8 Å². The number of hydrogen-bond donors (Lipinski definition) is 1. The van der Waals surface area contributed by atoms with Gasteiger partial charge in [-0.3, -0.25) is 9.78 Å². The van der Waals surface area contributed by atoms with Crippen LogP contribution in [0.15, 0.2) is 83.9 Å². The summed E-state index contributed by atoms with van der Waals surface area (Å²) in [6, 6.07) is 20.5. The van der Waals surface area contributed by atoms with Gasteiger partial charge in [0, 0.05) is 33.5 Å². The fourth-order valence-corrected chi connectivity index (χ4v) is 4.14. The lowest BCUT2D eigenvalue weighted by molar-refractivity contribution is 0.102. The maximum absolute atomic E-state index is 14.1. The van der Waals surface area contributed by atoms with E-state index in [2.05, 4.69) is 10.3 Å². The molecule has 7 heteroatoms. The summed E-state index contributed by atoms with van der Waals surface area (Å²) in [6.07, 6.45) is 3.62. The number of hydrogen-bond acceptors (Lipinski definition) is 4. The number of carbonyl (C=O) groups is 1. The first-order valence-corrected chi connectivity index (χ1v) is 11.6. The van der Waals surface area contributed by atoms with Gasteiger partial charge in [-0.05, 0) is 78.5 Å². The lowest BCUT2D eigenvalue weighted by Gasteiger charge is -2.15. The Morgan fingerprint density at radius 3 is 2.58 bits per heavy atom. The number of halogens is 2. The summed E-state index contributed by atoms with van der Waals surface area (Å²) in [6.45, 7) is 0. The van der Waals surface area contributed by atoms with Gasteiger partial charge in [0.25, 0.3) is 5.91 Å². The third-order valence-electron chi connectivity index (χ3n) is 5.09. The van der Waals surface area contributed by atoms with Crippen LogP contribution in [-0.4, -0.2) is 24.3 Å². The van der Waals surface area contributed by atoms with E-state index in [9.17, 15) is 9.18 Å². The highest BCUT2D eigenvalue weighted by Crippen LogP contribution is 2.36. The van der Waals surface area contributed by atoms with E-state index in [-0.39, 0.29) is 5.91 Å². The molecular weight excluding hydrogens is 459 g/mol. The Balaban J connectivity index is 1.74. The topological polar surface area (TPSA) is 51.2 Å². The molecular formula is C26H20ClFN2O2S. The zero-order chi connectivity index (χ0) is 23.4. The van der Waals surface area contributed by atoms with Crippen molar-refractivity contribution in [3.05, 3.63) is 95.4 Å². The maximum Gasteiger partial charge on any atom is 0.256 e. The molecule has 0 saturated carbocycles. The van der Waals surface area contributed by atoms with Gasteiger partial charge in [0.15, 0.2) is 0 Å². The van der Waals surface area contributed by atoms with Crippen LogP contribution in [-0.2, 0) is 0 Å². The summed E-state index contributed by atoms with van der Waals surface area (Å²) >= 11 is 7.90. The molecule has 3 aromatic carbocycles. The Morgan fingerprint density at radius 1 is 1.00 bits per heavy atom. The average molecular weight is 479 g/mol. The molecule has 33 heavy (non-hydrogen) atoms. The number of carbonyl (C=O) groups excluding carboxylic acids is 1. The van der Waals surface area contributed by atoms with Gasteiger partial charge < -0.3 is 10.1 Å². The summed E-state index contributed by atoms with van der Waals surface area (Å²) in [5.41, 5.74) is 3.45. The molecule has 0 spiro atoms. The minimum Gasteiger partial charge on any atom is -0.496 e. The van der Waals surface area contributed by atoms with Crippen LogP contribution in [0.4, 0.5) is 10.1 Å². The van der Waals surface area contributed by atoms with Crippen molar-refractivity contribution in [1.29, 1.82) is 0 Å². The number of methoxy groups -OCH3 is 1. The minimum absolute atomic E-state index is 0.335. The molecule has 0 aliphatic rings. The van der Waals surface area contributed by atoms with E-state index in [1.54, 1.807) is 36.5 Å². The van der Waals surface area contributed by atoms with Crippen molar-refractivity contribution in [2.75, 3.05) is 18.7 Å².